The highest BCUT2D eigenvalue weighted by Crippen LogP contribution is 2.34. The summed E-state index contributed by atoms with van der Waals surface area (Å²) in [6.07, 6.45) is 1.67. The summed E-state index contributed by atoms with van der Waals surface area (Å²) in [4.78, 5) is 0.0444. The molecule has 1 saturated carbocycles. The Morgan fingerprint density at radius 2 is 1.83 bits per heavy atom. The first-order valence-electron chi connectivity index (χ1n) is 7.83. The van der Waals surface area contributed by atoms with E-state index in [1.807, 2.05) is 12.1 Å². The highest BCUT2D eigenvalue weighted by Gasteiger charge is 2.38. The molecular formula is C18H20FNO3S. The minimum Gasteiger partial charge on any atom is -0.497 e. The number of rotatable bonds is 6. The van der Waals surface area contributed by atoms with Crippen LogP contribution in [-0.4, -0.2) is 25.9 Å². The Morgan fingerprint density at radius 1 is 1.17 bits per heavy atom. The summed E-state index contributed by atoms with van der Waals surface area (Å²) in [5.41, 5.74) is 1.43. The van der Waals surface area contributed by atoms with Crippen LogP contribution in [0.25, 0.3) is 0 Å². The first-order valence-corrected chi connectivity index (χ1v) is 9.27. The lowest BCUT2D eigenvalue weighted by Gasteiger charge is -2.23. The predicted molar refractivity (Wildman–Crippen MR) is 89.9 cm³/mol. The number of benzene rings is 2. The van der Waals surface area contributed by atoms with E-state index in [1.54, 1.807) is 26.2 Å². The Hall–Kier alpha value is -1.92. The molecule has 3 rings (SSSR count). The number of ether oxygens (including phenoxy) is 1. The predicted octanol–water partition coefficient (Wildman–Crippen LogP) is 3.50. The number of halogens is 1. The molecule has 0 heterocycles. The van der Waals surface area contributed by atoms with Gasteiger partial charge in [-0.3, -0.25) is 0 Å². The van der Waals surface area contributed by atoms with E-state index < -0.39 is 15.8 Å². The van der Waals surface area contributed by atoms with Gasteiger partial charge in [0.1, 0.15) is 11.6 Å². The van der Waals surface area contributed by atoms with Crippen molar-refractivity contribution in [3.8, 4) is 5.75 Å². The Morgan fingerprint density at radius 3 is 2.42 bits per heavy atom. The van der Waals surface area contributed by atoms with E-state index in [-0.39, 0.29) is 17.5 Å². The van der Waals surface area contributed by atoms with E-state index in [0.29, 0.717) is 5.56 Å². The molecule has 0 aromatic heterocycles. The fraction of sp³-hybridized carbons (Fsp3) is 0.333. The standard InChI is InChI=1S/C18H20FNO3S/c1-13-3-6-15(19)11-18(13)24(21,22)20(16-7-8-16)12-14-4-9-17(23-2)10-5-14/h3-6,9-11,16H,7-8,12H2,1-2H3. The van der Waals surface area contributed by atoms with Gasteiger partial charge in [-0.2, -0.15) is 4.31 Å². The first-order chi connectivity index (χ1) is 11.4. The third-order valence-electron chi connectivity index (χ3n) is 4.19. The van der Waals surface area contributed by atoms with Crippen molar-refractivity contribution in [2.24, 2.45) is 0 Å². The topological polar surface area (TPSA) is 46.6 Å². The molecule has 0 aliphatic heterocycles. The molecule has 128 valence electrons. The van der Waals surface area contributed by atoms with E-state index in [1.165, 1.54) is 16.4 Å². The van der Waals surface area contributed by atoms with Crippen LogP contribution in [0.4, 0.5) is 4.39 Å². The molecule has 2 aromatic rings. The maximum atomic E-state index is 13.6. The van der Waals surface area contributed by atoms with Crippen LogP contribution < -0.4 is 4.74 Å². The Labute approximate surface area is 141 Å². The zero-order valence-electron chi connectivity index (χ0n) is 13.7. The number of hydrogen-bond donors (Lipinski definition) is 0. The van der Waals surface area contributed by atoms with Gasteiger partial charge in [-0.05, 0) is 55.2 Å². The van der Waals surface area contributed by atoms with E-state index >= 15 is 0 Å². The molecule has 1 fully saturated rings. The van der Waals surface area contributed by atoms with Crippen LogP contribution in [0.3, 0.4) is 0 Å². The van der Waals surface area contributed by atoms with Crippen LogP contribution in [0.2, 0.25) is 0 Å². The van der Waals surface area contributed by atoms with Crippen molar-refractivity contribution >= 4 is 10.0 Å². The van der Waals surface area contributed by atoms with Gasteiger partial charge in [0.05, 0.1) is 12.0 Å². The van der Waals surface area contributed by atoms with Crippen LogP contribution in [0.5, 0.6) is 5.75 Å². The van der Waals surface area contributed by atoms with Crippen molar-refractivity contribution in [2.45, 2.75) is 37.2 Å². The number of sulfonamides is 1. The molecule has 2 aromatic carbocycles. The summed E-state index contributed by atoms with van der Waals surface area (Å²) in [5, 5.41) is 0. The molecule has 1 aliphatic carbocycles. The summed E-state index contributed by atoms with van der Waals surface area (Å²) >= 11 is 0. The smallest absolute Gasteiger partial charge is 0.243 e. The summed E-state index contributed by atoms with van der Waals surface area (Å²) in [6, 6.07) is 11.2. The minimum atomic E-state index is -3.74. The van der Waals surface area contributed by atoms with Crippen LogP contribution in [0.15, 0.2) is 47.4 Å². The second kappa shape index (κ2) is 6.53. The van der Waals surface area contributed by atoms with Crippen LogP contribution in [-0.2, 0) is 16.6 Å². The Balaban J connectivity index is 1.93. The molecule has 1 aliphatic rings. The molecule has 6 heteroatoms. The van der Waals surface area contributed by atoms with Crippen molar-refractivity contribution in [3.05, 3.63) is 59.4 Å². The van der Waals surface area contributed by atoms with Gasteiger partial charge in [0.25, 0.3) is 0 Å². The Kier molecular flexibility index (Phi) is 4.60. The summed E-state index contributed by atoms with van der Waals surface area (Å²) in [7, 11) is -2.16. The minimum absolute atomic E-state index is 0.0141. The van der Waals surface area contributed by atoms with Gasteiger partial charge in [-0.25, -0.2) is 12.8 Å². The number of aryl methyl sites for hydroxylation is 1. The summed E-state index contributed by atoms with van der Waals surface area (Å²) in [6.45, 7) is 1.96. The van der Waals surface area contributed by atoms with Gasteiger partial charge in [0, 0.05) is 12.6 Å². The van der Waals surface area contributed by atoms with Crippen molar-refractivity contribution in [1.29, 1.82) is 0 Å². The molecule has 0 atom stereocenters. The number of nitrogens with zero attached hydrogens (tertiary/aromatic N) is 1. The van der Waals surface area contributed by atoms with E-state index in [9.17, 15) is 12.8 Å². The van der Waals surface area contributed by atoms with Gasteiger partial charge in [-0.15, -0.1) is 0 Å². The summed E-state index contributed by atoms with van der Waals surface area (Å²) < 4.78 is 46.3. The Bertz CT molecular complexity index is 830. The molecule has 0 unspecified atom stereocenters. The highest BCUT2D eigenvalue weighted by molar-refractivity contribution is 7.89. The molecule has 24 heavy (non-hydrogen) atoms. The van der Waals surface area contributed by atoms with Crippen LogP contribution in [0, 0.1) is 12.7 Å². The van der Waals surface area contributed by atoms with Gasteiger partial charge in [-0.1, -0.05) is 18.2 Å². The van der Waals surface area contributed by atoms with Crippen LogP contribution >= 0.6 is 0 Å². The summed E-state index contributed by atoms with van der Waals surface area (Å²) in [5.74, 6) is 0.180. The van der Waals surface area contributed by atoms with Gasteiger partial charge < -0.3 is 4.74 Å². The lowest BCUT2D eigenvalue weighted by Crippen LogP contribution is -2.33. The molecule has 0 spiro atoms. The molecule has 0 saturated heterocycles. The van der Waals surface area contributed by atoms with Gasteiger partial charge in [0.15, 0.2) is 0 Å². The van der Waals surface area contributed by atoms with E-state index in [2.05, 4.69) is 0 Å². The number of methoxy groups -OCH3 is 1. The molecule has 4 nitrogen and oxygen atoms in total. The SMILES string of the molecule is COc1ccc(CN(C2CC2)S(=O)(=O)c2cc(F)ccc2C)cc1. The fourth-order valence-electron chi connectivity index (χ4n) is 2.66. The average Bonchev–Trinajstić information content (AvgIpc) is 3.40. The molecule has 0 radical (unpaired) electrons. The average molecular weight is 349 g/mol. The van der Waals surface area contributed by atoms with Crippen LogP contribution in [0.1, 0.15) is 24.0 Å². The normalized spacial score (nSPS) is 14.8. The molecule has 0 bridgehead atoms. The maximum absolute atomic E-state index is 13.6. The second-order valence-electron chi connectivity index (χ2n) is 6.04. The van der Waals surface area contributed by atoms with E-state index in [0.717, 1.165) is 30.2 Å². The van der Waals surface area contributed by atoms with Crippen molar-refractivity contribution in [2.75, 3.05) is 7.11 Å². The van der Waals surface area contributed by atoms with E-state index in [4.69, 9.17) is 4.74 Å². The molecule has 0 amide bonds. The van der Waals surface area contributed by atoms with Gasteiger partial charge in [0.2, 0.25) is 10.0 Å². The maximum Gasteiger partial charge on any atom is 0.243 e. The third kappa shape index (κ3) is 3.44. The van der Waals surface area contributed by atoms with Crippen molar-refractivity contribution in [3.63, 3.8) is 0 Å². The monoisotopic (exact) mass is 349 g/mol. The quantitative estimate of drug-likeness (QED) is 0.802. The lowest BCUT2D eigenvalue weighted by atomic mass is 10.2. The molecule has 0 N–H and O–H groups in total. The lowest BCUT2D eigenvalue weighted by molar-refractivity contribution is 0.396. The number of hydrogen-bond acceptors (Lipinski definition) is 3. The second-order valence-corrected chi connectivity index (χ2v) is 7.90. The highest BCUT2D eigenvalue weighted by atomic mass is 32.2. The van der Waals surface area contributed by atoms with Crippen molar-refractivity contribution in [1.82, 2.24) is 4.31 Å². The molecular weight excluding hydrogens is 329 g/mol. The first kappa shape index (κ1) is 16.9. The fourth-order valence-corrected chi connectivity index (χ4v) is 4.57. The largest absolute Gasteiger partial charge is 0.497 e. The zero-order chi connectivity index (χ0) is 17.3. The van der Waals surface area contributed by atoms with Crippen molar-refractivity contribution < 1.29 is 17.5 Å². The van der Waals surface area contributed by atoms with Gasteiger partial charge >= 0.3 is 0 Å². The third-order valence-corrected chi connectivity index (χ3v) is 6.23. The zero-order valence-corrected chi connectivity index (χ0v) is 14.5.